The summed E-state index contributed by atoms with van der Waals surface area (Å²) in [5, 5.41) is 7.08. The molecule has 3 aromatic carbocycles. The van der Waals surface area contributed by atoms with Crippen LogP contribution in [0.5, 0.6) is 0 Å². The SMILES string of the molecule is CNC(=O)CCC(C=O)c1ccc(CCCOCCOCCN2CCN(Cc3ccc(-c4cn(C5CCCCC5)c5nc(Nc6cc(F)cc(Cl)c6)ncc45)cc3)CC2)cc1. The monoisotopic (exact) mass is 851 g/mol. The van der Waals surface area contributed by atoms with Gasteiger partial charge in [-0.2, -0.15) is 4.98 Å². The Balaban J connectivity index is 0.806. The zero-order valence-corrected chi connectivity index (χ0v) is 36.1. The van der Waals surface area contributed by atoms with Crippen LogP contribution in [0.3, 0.4) is 0 Å². The molecule has 1 aliphatic heterocycles. The van der Waals surface area contributed by atoms with Gasteiger partial charge in [0.25, 0.3) is 0 Å². The molecule has 2 N–H and O–H groups in total. The molecule has 61 heavy (non-hydrogen) atoms. The second-order valence-electron chi connectivity index (χ2n) is 16.3. The van der Waals surface area contributed by atoms with E-state index in [1.165, 1.54) is 42.5 Å². The van der Waals surface area contributed by atoms with Crippen molar-refractivity contribution in [3.63, 3.8) is 0 Å². The summed E-state index contributed by atoms with van der Waals surface area (Å²) >= 11 is 6.10. The lowest BCUT2D eigenvalue weighted by molar-refractivity contribution is -0.120. The molecule has 11 nitrogen and oxygen atoms in total. The highest BCUT2D eigenvalue weighted by molar-refractivity contribution is 6.30. The second kappa shape index (κ2) is 22.4. The van der Waals surface area contributed by atoms with Gasteiger partial charge in [-0.3, -0.25) is 14.6 Å². The lowest BCUT2D eigenvalue weighted by atomic mass is 9.94. The Morgan fingerprint density at radius 3 is 2.36 bits per heavy atom. The Labute approximate surface area is 364 Å². The van der Waals surface area contributed by atoms with Crippen molar-refractivity contribution in [2.75, 3.05) is 71.5 Å². The third-order valence-corrected chi connectivity index (χ3v) is 12.2. The zero-order valence-electron chi connectivity index (χ0n) is 35.3. The van der Waals surface area contributed by atoms with Crippen LogP contribution >= 0.6 is 11.6 Å². The van der Waals surface area contributed by atoms with Crippen LogP contribution in [0, 0.1) is 5.82 Å². The Bertz CT molecular complexity index is 2150. The number of hydrogen-bond acceptors (Lipinski definition) is 9. The zero-order chi connectivity index (χ0) is 42.4. The fourth-order valence-electron chi connectivity index (χ4n) is 8.48. The minimum Gasteiger partial charge on any atom is -0.379 e. The van der Waals surface area contributed by atoms with E-state index in [9.17, 15) is 14.0 Å². The van der Waals surface area contributed by atoms with Crippen LogP contribution in [0.4, 0.5) is 16.0 Å². The molecule has 3 heterocycles. The lowest BCUT2D eigenvalue weighted by Gasteiger charge is -2.34. The number of amides is 1. The van der Waals surface area contributed by atoms with Crippen molar-refractivity contribution in [1.82, 2.24) is 29.7 Å². The van der Waals surface area contributed by atoms with E-state index in [1.807, 2.05) is 18.3 Å². The molecule has 1 saturated carbocycles. The number of fused-ring (bicyclic) bond motifs is 1. The Morgan fingerprint density at radius 1 is 0.918 bits per heavy atom. The average Bonchev–Trinajstić information content (AvgIpc) is 3.66. The molecule has 2 aliphatic rings. The number of ether oxygens (including phenoxy) is 2. The van der Waals surface area contributed by atoms with Crippen molar-refractivity contribution in [2.45, 2.75) is 76.3 Å². The van der Waals surface area contributed by atoms with Crippen molar-refractivity contribution in [3.05, 3.63) is 107 Å². The highest BCUT2D eigenvalue weighted by atomic mass is 35.5. The molecule has 1 unspecified atom stereocenters. The maximum Gasteiger partial charge on any atom is 0.229 e. The number of halogens is 2. The molecule has 13 heteroatoms. The van der Waals surface area contributed by atoms with Crippen molar-refractivity contribution in [1.29, 1.82) is 0 Å². The number of nitrogens with zero attached hydrogens (tertiary/aromatic N) is 5. The van der Waals surface area contributed by atoms with Crippen LogP contribution in [0.25, 0.3) is 22.2 Å². The number of piperazine rings is 1. The minimum absolute atomic E-state index is 0.0507. The molecule has 0 bridgehead atoms. The normalized spacial score (nSPS) is 15.9. The first kappa shape index (κ1) is 44.3. The fourth-order valence-corrected chi connectivity index (χ4v) is 8.70. The highest BCUT2D eigenvalue weighted by Gasteiger charge is 2.22. The molecular formula is C48H59ClFN7O4. The van der Waals surface area contributed by atoms with Gasteiger partial charge in [0.05, 0.1) is 19.8 Å². The van der Waals surface area contributed by atoms with Crippen molar-refractivity contribution < 1.29 is 23.5 Å². The Morgan fingerprint density at radius 2 is 1.64 bits per heavy atom. The summed E-state index contributed by atoms with van der Waals surface area (Å²) in [6.07, 6.45) is 13.7. The molecule has 0 spiro atoms. The van der Waals surface area contributed by atoms with Crippen LogP contribution in [0.1, 0.15) is 80.0 Å². The summed E-state index contributed by atoms with van der Waals surface area (Å²) < 4.78 is 28.1. The first-order valence-corrected chi connectivity index (χ1v) is 22.3. The molecule has 2 fully saturated rings. The van der Waals surface area contributed by atoms with Crippen molar-refractivity contribution in [3.8, 4) is 11.1 Å². The first-order valence-electron chi connectivity index (χ1n) is 21.9. The predicted molar refractivity (Wildman–Crippen MR) is 240 cm³/mol. The lowest BCUT2D eigenvalue weighted by Crippen LogP contribution is -2.46. The quantitative estimate of drug-likeness (QED) is 0.0553. The van der Waals surface area contributed by atoms with E-state index in [-0.39, 0.29) is 11.8 Å². The van der Waals surface area contributed by atoms with Gasteiger partial charge in [-0.15, -0.1) is 0 Å². The molecule has 1 amide bonds. The van der Waals surface area contributed by atoms with Gasteiger partial charge in [0.15, 0.2) is 0 Å². The number of benzene rings is 3. The number of aryl methyl sites for hydroxylation is 1. The van der Waals surface area contributed by atoms with Gasteiger partial charge in [-0.1, -0.05) is 79.4 Å². The van der Waals surface area contributed by atoms with Gasteiger partial charge in [-0.25, -0.2) is 9.37 Å². The van der Waals surface area contributed by atoms with E-state index in [1.54, 1.807) is 13.1 Å². The second-order valence-corrected chi connectivity index (χ2v) is 16.7. The van der Waals surface area contributed by atoms with Crippen molar-refractivity contribution >= 4 is 46.5 Å². The summed E-state index contributed by atoms with van der Waals surface area (Å²) in [6, 6.07) is 21.8. The standard InChI is InChI=1S/C48H59ClFN7O4/c1-51-46(59)18-17-39(34-58)37-13-9-35(10-14-37)6-5-24-60-26-27-61-25-23-55-19-21-56(22-20-55)32-36-11-15-38(16-12-36)45-33-57(43-7-3-2-4-8-43)47-44(45)31-52-48(54-47)53-42-29-40(49)28-41(50)30-42/h9-16,28-31,33-34,39,43H,2-8,17-27,32H2,1H3,(H,51,59)(H,52,53,54). The number of nitrogens with one attached hydrogen (secondary N) is 2. The van der Waals surface area contributed by atoms with E-state index < -0.39 is 5.82 Å². The number of rotatable bonds is 21. The summed E-state index contributed by atoms with van der Waals surface area (Å²) in [4.78, 5) is 37.7. The van der Waals surface area contributed by atoms with Crippen LogP contribution < -0.4 is 10.6 Å². The highest BCUT2D eigenvalue weighted by Crippen LogP contribution is 2.37. The molecule has 324 valence electrons. The van der Waals surface area contributed by atoms with E-state index in [0.29, 0.717) is 62.0 Å². The van der Waals surface area contributed by atoms with Crippen LogP contribution in [0.15, 0.2) is 79.1 Å². The topological polar surface area (TPSA) is 114 Å². The average molecular weight is 852 g/mol. The summed E-state index contributed by atoms with van der Waals surface area (Å²) in [5.41, 5.74) is 7.12. The largest absolute Gasteiger partial charge is 0.379 e. The van der Waals surface area contributed by atoms with Gasteiger partial charge in [-0.05, 0) is 72.6 Å². The molecule has 1 saturated heterocycles. The van der Waals surface area contributed by atoms with Gasteiger partial charge < -0.3 is 29.5 Å². The number of carbonyl (C=O) groups is 2. The maximum absolute atomic E-state index is 14.0. The molecule has 2 aromatic heterocycles. The molecule has 1 atom stereocenters. The first-order chi connectivity index (χ1) is 29.8. The molecular weight excluding hydrogens is 793 g/mol. The number of anilines is 2. The smallest absolute Gasteiger partial charge is 0.229 e. The predicted octanol–water partition coefficient (Wildman–Crippen LogP) is 8.73. The Kier molecular flexibility index (Phi) is 16.3. The van der Waals surface area contributed by atoms with E-state index >= 15 is 0 Å². The van der Waals surface area contributed by atoms with Crippen LogP contribution in [-0.4, -0.2) is 103 Å². The van der Waals surface area contributed by atoms with E-state index in [2.05, 4.69) is 72.6 Å². The van der Waals surface area contributed by atoms with Gasteiger partial charge in [0.1, 0.15) is 17.8 Å². The Hall–Kier alpha value is -4.72. The third kappa shape index (κ3) is 12.7. The minimum atomic E-state index is -0.413. The van der Waals surface area contributed by atoms with E-state index in [4.69, 9.17) is 26.1 Å². The third-order valence-electron chi connectivity index (χ3n) is 12.0. The van der Waals surface area contributed by atoms with Crippen molar-refractivity contribution in [2.24, 2.45) is 0 Å². The van der Waals surface area contributed by atoms with Gasteiger partial charge in [0.2, 0.25) is 11.9 Å². The summed E-state index contributed by atoms with van der Waals surface area (Å²) in [6.45, 7) is 8.47. The fraction of sp³-hybridized carbons (Fsp3) is 0.458. The number of aromatic nitrogens is 3. The molecule has 7 rings (SSSR count). The van der Waals surface area contributed by atoms with Gasteiger partial charge >= 0.3 is 0 Å². The van der Waals surface area contributed by atoms with E-state index in [0.717, 1.165) is 99.0 Å². The maximum atomic E-state index is 14.0. The van der Waals surface area contributed by atoms with Crippen LogP contribution in [-0.2, 0) is 32.0 Å². The number of aldehydes is 1. The summed E-state index contributed by atoms with van der Waals surface area (Å²) in [5.74, 6) is -0.310. The molecule has 5 aromatic rings. The molecule has 1 aliphatic carbocycles. The number of carbonyl (C=O) groups excluding carboxylic acids is 2. The number of hydrogen-bond donors (Lipinski definition) is 2. The summed E-state index contributed by atoms with van der Waals surface area (Å²) in [7, 11) is 1.61. The van der Waals surface area contributed by atoms with Gasteiger partial charge in [0, 0.05) is 105 Å². The molecule has 0 radical (unpaired) electrons. The van der Waals surface area contributed by atoms with Crippen LogP contribution in [0.2, 0.25) is 5.02 Å².